The summed E-state index contributed by atoms with van der Waals surface area (Å²) in [6.45, 7) is 4.36. The van der Waals surface area contributed by atoms with Crippen LogP contribution >= 0.6 is 11.3 Å². The van der Waals surface area contributed by atoms with Gasteiger partial charge in [-0.1, -0.05) is 18.2 Å². The smallest absolute Gasteiger partial charge is 0.191 e. The van der Waals surface area contributed by atoms with E-state index in [0.717, 1.165) is 44.0 Å². The Hall–Kier alpha value is -1.88. The summed E-state index contributed by atoms with van der Waals surface area (Å²) in [5, 5.41) is 8.60. The maximum atomic E-state index is 13.1. The lowest BCUT2D eigenvalue weighted by molar-refractivity contribution is 0.625. The molecule has 0 unspecified atom stereocenters. The Morgan fingerprint density at radius 3 is 2.82 bits per heavy atom. The number of guanidine groups is 1. The van der Waals surface area contributed by atoms with Crippen LogP contribution in [0.4, 0.5) is 4.39 Å². The van der Waals surface area contributed by atoms with Crippen LogP contribution in [0.1, 0.15) is 17.4 Å². The van der Waals surface area contributed by atoms with Gasteiger partial charge in [0, 0.05) is 30.9 Å². The van der Waals surface area contributed by atoms with Crippen LogP contribution in [0, 0.1) is 5.82 Å². The van der Waals surface area contributed by atoms with Gasteiger partial charge in [-0.2, -0.15) is 0 Å². The van der Waals surface area contributed by atoms with Crippen LogP contribution in [-0.4, -0.2) is 25.6 Å². The molecule has 0 saturated carbocycles. The van der Waals surface area contributed by atoms with Gasteiger partial charge in [-0.15, -0.1) is 11.3 Å². The molecule has 22 heavy (non-hydrogen) atoms. The van der Waals surface area contributed by atoms with Gasteiger partial charge >= 0.3 is 0 Å². The van der Waals surface area contributed by atoms with E-state index in [4.69, 9.17) is 0 Å². The minimum absolute atomic E-state index is 0.186. The second-order valence-corrected chi connectivity index (χ2v) is 5.93. The van der Waals surface area contributed by atoms with Gasteiger partial charge in [0.25, 0.3) is 0 Å². The van der Waals surface area contributed by atoms with E-state index in [-0.39, 0.29) is 5.82 Å². The lowest BCUT2D eigenvalue weighted by atomic mass is 10.1. The molecule has 0 saturated heterocycles. The molecule has 2 N–H and O–H groups in total. The first-order valence-electron chi connectivity index (χ1n) is 7.57. The first-order chi connectivity index (χ1) is 10.8. The Morgan fingerprint density at radius 2 is 2.09 bits per heavy atom. The normalized spacial score (nSPS) is 11.5. The van der Waals surface area contributed by atoms with Crippen molar-refractivity contribution in [3.8, 4) is 0 Å². The topological polar surface area (TPSA) is 36.4 Å². The van der Waals surface area contributed by atoms with Crippen LogP contribution in [0.2, 0.25) is 0 Å². The second kappa shape index (κ2) is 9.20. The highest BCUT2D eigenvalue weighted by Gasteiger charge is 1.99. The summed E-state index contributed by atoms with van der Waals surface area (Å²) in [4.78, 5) is 5.91. The summed E-state index contributed by atoms with van der Waals surface area (Å²) < 4.78 is 13.1. The van der Waals surface area contributed by atoms with E-state index in [9.17, 15) is 4.39 Å². The molecule has 0 fully saturated rings. The Labute approximate surface area is 135 Å². The Balaban J connectivity index is 1.77. The van der Waals surface area contributed by atoms with Gasteiger partial charge in [0.2, 0.25) is 0 Å². The second-order valence-electron chi connectivity index (χ2n) is 4.90. The van der Waals surface area contributed by atoms with Gasteiger partial charge in [-0.25, -0.2) is 4.39 Å². The molecule has 1 heterocycles. The summed E-state index contributed by atoms with van der Waals surface area (Å²) in [5.41, 5.74) is 0.988. The van der Waals surface area contributed by atoms with Crippen LogP contribution in [0.25, 0.3) is 0 Å². The van der Waals surface area contributed by atoms with Crippen LogP contribution in [0.15, 0.2) is 46.8 Å². The van der Waals surface area contributed by atoms with Crippen molar-refractivity contribution in [2.75, 3.05) is 19.6 Å². The Kier molecular flexibility index (Phi) is 6.90. The maximum Gasteiger partial charge on any atom is 0.191 e. The summed E-state index contributed by atoms with van der Waals surface area (Å²) in [7, 11) is 0. The molecule has 0 amide bonds. The van der Waals surface area contributed by atoms with Crippen LogP contribution in [-0.2, 0) is 12.8 Å². The molecule has 3 nitrogen and oxygen atoms in total. The number of nitrogens with one attached hydrogen (secondary N) is 2. The fraction of sp³-hybridized carbons (Fsp3) is 0.353. The minimum atomic E-state index is -0.186. The molecule has 0 atom stereocenters. The van der Waals surface area contributed by atoms with E-state index in [1.165, 1.54) is 10.9 Å². The molecule has 0 aliphatic rings. The zero-order valence-corrected chi connectivity index (χ0v) is 13.6. The van der Waals surface area contributed by atoms with Gasteiger partial charge in [0.05, 0.1) is 0 Å². The molecular weight excluding hydrogens is 297 g/mol. The number of benzene rings is 1. The number of nitrogens with zero attached hydrogens (tertiary/aromatic N) is 1. The molecular formula is C17H22FN3S. The molecule has 0 bridgehead atoms. The van der Waals surface area contributed by atoms with Gasteiger partial charge in [-0.05, 0) is 42.5 Å². The summed E-state index contributed by atoms with van der Waals surface area (Å²) >= 11 is 1.76. The highest BCUT2D eigenvalue weighted by molar-refractivity contribution is 7.09. The largest absolute Gasteiger partial charge is 0.357 e. The van der Waals surface area contributed by atoms with Crippen LogP contribution in [0.3, 0.4) is 0 Å². The zero-order chi connectivity index (χ0) is 15.6. The highest BCUT2D eigenvalue weighted by atomic mass is 32.1. The lowest BCUT2D eigenvalue weighted by Crippen LogP contribution is -2.38. The molecule has 2 aromatic rings. The van der Waals surface area contributed by atoms with E-state index in [1.54, 1.807) is 23.5 Å². The standard InChI is InChI=1S/C17H22FN3S/c1-2-19-17(21-11-9-16-7-4-12-22-16)20-10-8-14-5-3-6-15(18)13-14/h3-7,12-13H,2,8-11H2,1H3,(H2,19,20,21). The number of aliphatic imine (C=N–C) groups is 1. The third-order valence-corrected chi connectivity index (χ3v) is 4.08. The molecule has 1 aromatic carbocycles. The highest BCUT2D eigenvalue weighted by Crippen LogP contribution is 2.08. The van der Waals surface area contributed by atoms with Crippen molar-refractivity contribution < 1.29 is 4.39 Å². The number of hydrogen-bond acceptors (Lipinski definition) is 2. The van der Waals surface area contributed by atoms with Gasteiger partial charge < -0.3 is 10.6 Å². The first-order valence-corrected chi connectivity index (χ1v) is 8.45. The summed E-state index contributed by atoms with van der Waals surface area (Å²) in [6, 6.07) is 10.9. The van der Waals surface area contributed by atoms with Crippen molar-refractivity contribution >= 4 is 17.3 Å². The zero-order valence-electron chi connectivity index (χ0n) is 12.8. The van der Waals surface area contributed by atoms with Crippen molar-refractivity contribution in [3.05, 3.63) is 58.0 Å². The quantitative estimate of drug-likeness (QED) is 0.607. The minimum Gasteiger partial charge on any atom is -0.357 e. The molecule has 0 aliphatic heterocycles. The van der Waals surface area contributed by atoms with Crippen LogP contribution in [0.5, 0.6) is 0 Å². The number of rotatable bonds is 7. The predicted molar refractivity (Wildman–Crippen MR) is 92.1 cm³/mol. The van der Waals surface area contributed by atoms with E-state index < -0.39 is 0 Å². The summed E-state index contributed by atoms with van der Waals surface area (Å²) in [6.07, 6.45) is 1.73. The number of thiophene rings is 1. The van der Waals surface area contributed by atoms with Gasteiger partial charge in [0.1, 0.15) is 5.82 Å². The fourth-order valence-corrected chi connectivity index (χ4v) is 2.79. The molecule has 118 valence electrons. The van der Waals surface area contributed by atoms with Crippen molar-refractivity contribution in [2.24, 2.45) is 4.99 Å². The average molecular weight is 319 g/mol. The Bertz CT molecular complexity index is 581. The van der Waals surface area contributed by atoms with Crippen molar-refractivity contribution in [3.63, 3.8) is 0 Å². The monoisotopic (exact) mass is 319 g/mol. The van der Waals surface area contributed by atoms with E-state index >= 15 is 0 Å². The van der Waals surface area contributed by atoms with Crippen LogP contribution < -0.4 is 10.6 Å². The van der Waals surface area contributed by atoms with Gasteiger partial charge in [0.15, 0.2) is 5.96 Å². The fourth-order valence-electron chi connectivity index (χ4n) is 2.09. The van der Waals surface area contributed by atoms with Crippen molar-refractivity contribution in [1.82, 2.24) is 10.6 Å². The molecule has 0 spiro atoms. The van der Waals surface area contributed by atoms with Crippen molar-refractivity contribution in [1.29, 1.82) is 0 Å². The average Bonchev–Trinajstić information content (AvgIpc) is 3.01. The first kappa shape index (κ1) is 16.5. The Morgan fingerprint density at radius 1 is 1.18 bits per heavy atom. The third kappa shape index (κ3) is 5.85. The lowest BCUT2D eigenvalue weighted by Gasteiger charge is -2.11. The third-order valence-electron chi connectivity index (χ3n) is 3.15. The molecule has 0 aliphatic carbocycles. The van der Waals surface area contributed by atoms with Crippen molar-refractivity contribution in [2.45, 2.75) is 19.8 Å². The molecule has 2 rings (SSSR count). The van der Waals surface area contributed by atoms with E-state index in [0.29, 0.717) is 0 Å². The van der Waals surface area contributed by atoms with E-state index in [2.05, 4.69) is 33.1 Å². The number of hydrogen-bond donors (Lipinski definition) is 2. The number of halogens is 1. The molecule has 1 aromatic heterocycles. The van der Waals surface area contributed by atoms with Gasteiger partial charge in [-0.3, -0.25) is 4.99 Å². The maximum absolute atomic E-state index is 13.1. The predicted octanol–water partition coefficient (Wildman–Crippen LogP) is 3.23. The van der Waals surface area contributed by atoms with E-state index in [1.807, 2.05) is 13.0 Å². The molecule has 0 radical (unpaired) electrons. The SMILES string of the molecule is CCNC(=NCCc1cccs1)NCCc1cccc(F)c1. The summed E-state index contributed by atoms with van der Waals surface area (Å²) in [5.74, 6) is 0.629. The molecule has 5 heteroatoms.